The normalized spacial score (nSPS) is 10.3. The Morgan fingerprint density at radius 1 is 0.810 bits per heavy atom. The van der Waals surface area contributed by atoms with Crippen LogP contribution in [0.4, 0.5) is 27.6 Å². The first-order valence-electron chi connectivity index (χ1n) is 5.69. The fourth-order valence-electron chi connectivity index (χ4n) is 1.68. The molecule has 2 aromatic carbocycles. The molecule has 0 atom stereocenters. The summed E-state index contributed by atoms with van der Waals surface area (Å²) in [7, 11) is 0. The van der Waals surface area contributed by atoms with Crippen LogP contribution < -0.4 is 5.32 Å². The van der Waals surface area contributed by atoms with Gasteiger partial charge in [0.1, 0.15) is 17.5 Å². The van der Waals surface area contributed by atoms with Crippen molar-refractivity contribution in [2.45, 2.75) is 6.54 Å². The van der Waals surface area contributed by atoms with Gasteiger partial charge in [0.15, 0.2) is 11.6 Å². The van der Waals surface area contributed by atoms with E-state index < -0.39 is 46.9 Å². The molecule has 0 aliphatic heterocycles. The molecule has 0 aromatic heterocycles. The van der Waals surface area contributed by atoms with Gasteiger partial charge in [-0.1, -0.05) is 0 Å². The molecule has 0 saturated carbocycles. The van der Waals surface area contributed by atoms with Gasteiger partial charge in [0.05, 0.1) is 17.3 Å². The third kappa shape index (κ3) is 3.11. The molecule has 2 rings (SSSR count). The largest absolute Gasteiger partial charge is 0.378 e. The predicted molar refractivity (Wildman–Crippen MR) is 64.7 cm³/mol. The van der Waals surface area contributed by atoms with Crippen molar-refractivity contribution in [1.82, 2.24) is 0 Å². The summed E-state index contributed by atoms with van der Waals surface area (Å²) in [6.07, 6.45) is 0. The summed E-state index contributed by atoms with van der Waals surface area (Å²) >= 11 is 0. The molecule has 108 valence electrons. The van der Waals surface area contributed by atoms with Crippen LogP contribution in [0.3, 0.4) is 0 Å². The van der Waals surface area contributed by atoms with Crippen LogP contribution >= 0.6 is 0 Å². The number of nitriles is 1. The maximum atomic E-state index is 13.6. The van der Waals surface area contributed by atoms with Gasteiger partial charge in [0, 0.05) is 24.2 Å². The topological polar surface area (TPSA) is 35.8 Å². The van der Waals surface area contributed by atoms with E-state index in [0.717, 1.165) is 12.1 Å². The SMILES string of the molecule is N#Cc1cc(F)c(CNc2cc(F)c(F)cc2F)c(F)c1. The molecule has 7 heteroatoms. The third-order valence-electron chi connectivity index (χ3n) is 2.74. The maximum absolute atomic E-state index is 13.6. The molecule has 0 unspecified atom stereocenters. The van der Waals surface area contributed by atoms with Gasteiger partial charge >= 0.3 is 0 Å². The molecule has 21 heavy (non-hydrogen) atoms. The van der Waals surface area contributed by atoms with E-state index in [1.807, 2.05) is 0 Å². The average Bonchev–Trinajstić information content (AvgIpc) is 2.42. The Morgan fingerprint density at radius 3 is 1.95 bits per heavy atom. The van der Waals surface area contributed by atoms with Crippen LogP contribution in [0.5, 0.6) is 0 Å². The van der Waals surface area contributed by atoms with E-state index in [2.05, 4.69) is 5.32 Å². The van der Waals surface area contributed by atoms with Crippen molar-refractivity contribution >= 4 is 5.69 Å². The second kappa shape index (κ2) is 5.79. The fraction of sp³-hybridized carbons (Fsp3) is 0.0714. The Hall–Kier alpha value is -2.62. The van der Waals surface area contributed by atoms with Gasteiger partial charge < -0.3 is 5.32 Å². The minimum absolute atomic E-state index is 0.201. The summed E-state index contributed by atoms with van der Waals surface area (Å²) in [6, 6.07) is 4.09. The molecule has 1 N–H and O–H groups in total. The second-order valence-electron chi connectivity index (χ2n) is 4.13. The van der Waals surface area contributed by atoms with Crippen LogP contribution in [0, 0.1) is 40.4 Å². The van der Waals surface area contributed by atoms with Gasteiger partial charge in [0.25, 0.3) is 0 Å². The zero-order valence-electron chi connectivity index (χ0n) is 10.4. The molecule has 0 amide bonds. The van der Waals surface area contributed by atoms with Crippen LogP contribution in [-0.2, 0) is 6.54 Å². The maximum Gasteiger partial charge on any atom is 0.161 e. The number of benzene rings is 2. The molecule has 0 aliphatic rings. The van der Waals surface area contributed by atoms with E-state index in [1.54, 1.807) is 6.07 Å². The van der Waals surface area contributed by atoms with E-state index in [0.29, 0.717) is 12.1 Å². The first-order valence-corrected chi connectivity index (χ1v) is 5.69. The van der Waals surface area contributed by atoms with Gasteiger partial charge in [-0.2, -0.15) is 5.26 Å². The van der Waals surface area contributed by atoms with E-state index in [-0.39, 0.29) is 5.56 Å². The highest BCUT2D eigenvalue weighted by Crippen LogP contribution is 2.21. The van der Waals surface area contributed by atoms with Crippen molar-refractivity contribution in [1.29, 1.82) is 5.26 Å². The second-order valence-corrected chi connectivity index (χ2v) is 4.13. The molecule has 0 heterocycles. The number of hydrogen-bond acceptors (Lipinski definition) is 2. The number of nitrogens with zero attached hydrogens (tertiary/aromatic N) is 1. The Morgan fingerprint density at radius 2 is 1.38 bits per heavy atom. The highest BCUT2D eigenvalue weighted by Gasteiger charge is 2.14. The fourth-order valence-corrected chi connectivity index (χ4v) is 1.68. The van der Waals surface area contributed by atoms with Gasteiger partial charge in [-0.05, 0) is 12.1 Å². The molecular formula is C14H7F5N2. The summed E-state index contributed by atoms with van der Waals surface area (Å²) in [6.45, 7) is -0.495. The van der Waals surface area contributed by atoms with Crippen molar-refractivity contribution in [2.24, 2.45) is 0 Å². The van der Waals surface area contributed by atoms with Crippen molar-refractivity contribution in [3.8, 4) is 6.07 Å². The monoisotopic (exact) mass is 298 g/mol. The summed E-state index contributed by atoms with van der Waals surface area (Å²) in [5.74, 6) is -5.75. The predicted octanol–water partition coefficient (Wildman–Crippen LogP) is 3.87. The summed E-state index contributed by atoms with van der Waals surface area (Å²) in [5, 5.41) is 10.8. The van der Waals surface area contributed by atoms with E-state index >= 15 is 0 Å². The Labute approximate surface area is 116 Å². The minimum atomic E-state index is -1.37. The molecular weight excluding hydrogens is 291 g/mol. The third-order valence-corrected chi connectivity index (χ3v) is 2.74. The Bertz CT molecular complexity index is 714. The molecule has 2 nitrogen and oxygen atoms in total. The van der Waals surface area contributed by atoms with Crippen molar-refractivity contribution in [3.05, 3.63) is 64.5 Å². The zero-order chi connectivity index (χ0) is 15.6. The number of rotatable bonds is 3. The van der Waals surface area contributed by atoms with Gasteiger partial charge in [0.2, 0.25) is 0 Å². The number of nitrogens with one attached hydrogen (secondary N) is 1. The molecule has 2 aromatic rings. The average molecular weight is 298 g/mol. The Balaban J connectivity index is 2.25. The number of hydrogen-bond donors (Lipinski definition) is 1. The van der Waals surface area contributed by atoms with Gasteiger partial charge in [-0.15, -0.1) is 0 Å². The number of anilines is 1. The molecule has 0 saturated heterocycles. The van der Waals surface area contributed by atoms with E-state index in [1.165, 1.54) is 0 Å². The van der Waals surface area contributed by atoms with E-state index in [9.17, 15) is 22.0 Å². The Kier molecular flexibility index (Phi) is 4.08. The molecule has 0 fully saturated rings. The van der Waals surface area contributed by atoms with Gasteiger partial charge in [-0.3, -0.25) is 0 Å². The minimum Gasteiger partial charge on any atom is -0.378 e. The number of halogens is 5. The zero-order valence-corrected chi connectivity index (χ0v) is 10.4. The lowest BCUT2D eigenvalue weighted by molar-refractivity contribution is 0.496. The first-order chi connectivity index (χ1) is 9.92. The lowest BCUT2D eigenvalue weighted by atomic mass is 10.1. The molecule has 0 radical (unpaired) electrons. The summed E-state index contributed by atoms with van der Waals surface area (Å²) in [4.78, 5) is 0. The van der Waals surface area contributed by atoms with E-state index in [4.69, 9.17) is 5.26 Å². The van der Waals surface area contributed by atoms with Crippen molar-refractivity contribution in [2.75, 3.05) is 5.32 Å². The lowest BCUT2D eigenvalue weighted by Gasteiger charge is -2.10. The lowest BCUT2D eigenvalue weighted by Crippen LogP contribution is -2.07. The van der Waals surface area contributed by atoms with Crippen LogP contribution in [0.2, 0.25) is 0 Å². The quantitative estimate of drug-likeness (QED) is 0.690. The molecule has 0 aliphatic carbocycles. The van der Waals surface area contributed by atoms with Crippen LogP contribution in [0.25, 0.3) is 0 Å². The molecule has 0 bridgehead atoms. The molecule has 0 spiro atoms. The van der Waals surface area contributed by atoms with Crippen LogP contribution in [0.15, 0.2) is 24.3 Å². The summed E-state index contributed by atoms with van der Waals surface area (Å²) < 4.78 is 66.2. The van der Waals surface area contributed by atoms with Crippen molar-refractivity contribution in [3.63, 3.8) is 0 Å². The highest BCUT2D eigenvalue weighted by atomic mass is 19.2. The standard InChI is InChI=1S/C14H7F5N2/c15-9-1-7(5-20)2-10(16)8(9)6-21-14-4-12(18)11(17)3-13(14)19/h1-4,21H,6H2. The van der Waals surface area contributed by atoms with Crippen LogP contribution in [-0.4, -0.2) is 0 Å². The first kappa shape index (κ1) is 14.8. The highest BCUT2D eigenvalue weighted by molar-refractivity contribution is 5.46. The smallest absolute Gasteiger partial charge is 0.161 e. The van der Waals surface area contributed by atoms with Gasteiger partial charge in [-0.25, -0.2) is 22.0 Å². The summed E-state index contributed by atoms with van der Waals surface area (Å²) in [5.41, 5.74) is -1.08. The van der Waals surface area contributed by atoms with Crippen molar-refractivity contribution < 1.29 is 22.0 Å². The van der Waals surface area contributed by atoms with Crippen LogP contribution in [0.1, 0.15) is 11.1 Å².